The Bertz CT molecular complexity index is 598. The molecule has 2 atom stereocenters. The van der Waals surface area contributed by atoms with Crippen LogP contribution in [0, 0.1) is 11.6 Å². The largest absolute Gasteiger partial charge is 0.383 e. The van der Waals surface area contributed by atoms with Gasteiger partial charge in [0.25, 0.3) is 0 Å². The number of likely N-dealkylation sites (tertiary alicyclic amines) is 1. The molecule has 1 fully saturated rings. The van der Waals surface area contributed by atoms with E-state index in [2.05, 4.69) is 22.1 Å². The Morgan fingerprint density at radius 3 is 2.84 bits per heavy atom. The Hall–Kier alpha value is -1.00. The van der Waals surface area contributed by atoms with Crippen molar-refractivity contribution in [2.24, 2.45) is 10.7 Å². The standard InChI is InChI=1S/C17H26F2N4O.HI/c1-3-23-8-4-5-13(23)10-21-16(20)22-11-17(2,24)14-7-6-12(18)9-15(14)19;/h6-7,9,13,24H,3-5,8,10-11H2,1-2H3,(H3,20,21,22);1H. The van der Waals surface area contributed by atoms with Gasteiger partial charge in [-0.2, -0.15) is 0 Å². The Labute approximate surface area is 164 Å². The molecule has 142 valence electrons. The summed E-state index contributed by atoms with van der Waals surface area (Å²) in [5, 5.41) is 13.5. The minimum absolute atomic E-state index is 0. The van der Waals surface area contributed by atoms with Crippen molar-refractivity contribution >= 4 is 29.9 Å². The van der Waals surface area contributed by atoms with Crippen molar-refractivity contribution in [1.29, 1.82) is 0 Å². The zero-order chi connectivity index (χ0) is 17.7. The van der Waals surface area contributed by atoms with Crippen LogP contribution in [0.2, 0.25) is 0 Å². The van der Waals surface area contributed by atoms with Crippen LogP contribution in [-0.2, 0) is 5.60 Å². The second-order valence-corrected chi connectivity index (χ2v) is 6.41. The maximum absolute atomic E-state index is 13.8. The second-order valence-electron chi connectivity index (χ2n) is 6.41. The highest BCUT2D eigenvalue weighted by Crippen LogP contribution is 2.24. The van der Waals surface area contributed by atoms with Crippen molar-refractivity contribution in [1.82, 2.24) is 10.2 Å². The predicted molar refractivity (Wildman–Crippen MR) is 106 cm³/mol. The van der Waals surface area contributed by atoms with Gasteiger partial charge in [0.1, 0.15) is 17.2 Å². The molecule has 0 aliphatic carbocycles. The second kappa shape index (κ2) is 9.63. The van der Waals surface area contributed by atoms with Gasteiger partial charge in [0, 0.05) is 24.2 Å². The van der Waals surface area contributed by atoms with Crippen molar-refractivity contribution in [2.45, 2.75) is 38.3 Å². The van der Waals surface area contributed by atoms with Gasteiger partial charge in [-0.15, -0.1) is 24.0 Å². The number of aliphatic imine (C=N–C) groups is 1. The van der Waals surface area contributed by atoms with E-state index in [0.717, 1.165) is 31.6 Å². The molecule has 1 heterocycles. The molecule has 8 heteroatoms. The summed E-state index contributed by atoms with van der Waals surface area (Å²) in [7, 11) is 0. The molecule has 1 aromatic rings. The van der Waals surface area contributed by atoms with E-state index in [4.69, 9.17) is 5.73 Å². The summed E-state index contributed by atoms with van der Waals surface area (Å²) >= 11 is 0. The number of nitrogens with zero attached hydrogens (tertiary/aromatic N) is 2. The molecule has 0 amide bonds. The van der Waals surface area contributed by atoms with Gasteiger partial charge in [-0.3, -0.25) is 9.89 Å². The molecule has 1 aromatic carbocycles. The molecular formula is C17H27F2IN4O. The number of likely N-dealkylation sites (N-methyl/N-ethyl adjacent to an activating group) is 1. The molecule has 1 saturated heterocycles. The highest BCUT2D eigenvalue weighted by atomic mass is 127. The van der Waals surface area contributed by atoms with E-state index in [1.807, 2.05) is 0 Å². The summed E-state index contributed by atoms with van der Waals surface area (Å²) in [6.45, 7) is 6.23. The zero-order valence-electron chi connectivity index (χ0n) is 14.6. The van der Waals surface area contributed by atoms with Crippen molar-refractivity contribution in [3.63, 3.8) is 0 Å². The van der Waals surface area contributed by atoms with Crippen LogP contribution in [-0.4, -0.2) is 48.2 Å². The molecule has 2 rings (SSSR count). The lowest BCUT2D eigenvalue weighted by Crippen LogP contribution is -2.43. The highest BCUT2D eigenvalue weighted by Gasteiger charge is 2.27. The number of hydrogen-bond donors (Lipinski definition) is 3. The maximum atomic E-state index is 13.8. The molecule has 2 unspecified atom stereocenters. The fourth-order valence-corrected chi connectivity index (χ4v) is 3.07. The number of rotatable bonds is 6. The zero-order valence-corrected chi connectivity index (χ0v) is 17.0. The lowest BCUT2D eigenvalue weighted by molar-refractivity contribution is 0.0633. The highest BCUT2D eigenvalue weighted by molar-refractivity contribution is 14.0. The van der Waals surface area contributed by atoms with Gasteiger partial charge in [0.15, 0.2) is 5.96 Å². The first kappa shape index (κ1) is 22.0. The number of aliphatic hydroxyl groups is 1. The molecule has 25 heavy (non-hydrogen) atoms. The summed E-state index contributed by atoms with van der Waals surface area (Å²) in [5.41, 5.74) is 4.27. The van der Waals surface area contributed by atoms with Crippen LogP contribution in [0.5, 0.6) is 0 Å². The summed E-state index contributed by atoms with van der Waals surface area (Å²) in [6.07, 6.45) is 2.29. The third kappa shape index (κ3) is 6.03. The van der Waals surface area contributed by atoms with Gasteiger partial charge in [-0.25, -0.2) is 8.78 Å². The fourth-order valence-electron chi connectivity index (χ4n) is 3.07. The van der Waals surface area contributed by atoms with Gasteiger partial charge in [-0.05, 0) is 38.9 Å². The topological polar surface area (TPSA) is 73.9 Å². The molecule has 1 aliphatic rings. The Morgan fingerprint density at radius 2 is 2.20 bits per heavy atom. The Balaban J connectivity index is 0.00000312. The van der Waals surface area contributed by atoms with Gasteiger partial charge < -0.3 is 16.2 Å². The summed E-state index contributed by atoms with van der Waals surface area (Å²) in [4.78, 5) is 6.48. The van der Waals surface area contributed by atoms with E-state index in [1.165, 1.54) is 19.4 Å². The van der Waals surface area contributed by atoms with E-state index >= 15 is 0 Å². The van der Waals surface area contributed by atoms with Crippen LogP contribution in [0.3, 0.4) is 0 Å². The van der Waals surface area contributed by atoms with Gasteiger partial charge in [-0.1, -0.05) is 13.0 Å². The molecule has 1 aliphatic heterocycles. The van der Waals surface area contributed by atoms with Crippen molar-refractivity contribution in [2.75, 3.05) is 26.2 Å². The molecule has 0 saturated carbocycles. The maximum Gasteiger partial charge on any atom is 0.188 e. The van der Waals surface area contributed by atoms with Crippen molar-refractivity contribution in [3.8, 4) is 0 Å². The summed E-state index contributed by atoms with van der Waals surface area (Å²) in [5.74, 6) is -1.28. The fraction of sp³-hybridized carbons (Fsp3) is 0.588. The normalized spacial score (nSPS) is 20.8. The molecule has 0 aromatic heterocycles. The van der Waals surface area contributed by atoms with E-state index in [-0.39, 0.29) is 42.0 Å². The van der Waals surface area contributed by atoms with Crippen LogP contribution in [0.4, 0.5) is 8.78 Å². The van der Waals surface area contributed by atoms with E-state index in [1.54, 1.807) is 0 Å². The number of nitrogens with two attached hydrogens (primary N) is 1. The van der Waals surface area contributed by atoms with Crippen molar-refractivity contribution in [3.05, 3.63) is 35.4 Å². The number of hydrogen-bond acceptors (Lipinski definition) is 3. The Morgan fingerprint density at radius 1 is 1.48 bits per heavy atom. The minimum Gasteiger partial charge on any atom is -0.383 e. The van der Waals surface area contributed by atoms with Crippen LogP contribution in [0.25, 0.3) is 0 Å². The number of halogens is 3. The number of guanidine groups is 1. The van der Waals surface area contributed by atoms with E-state index < -0.39 is 17.2 Å². The smallest absolute Gasteiger partial charge is 0.188 e. The molecule has 4 N–H and O–H groups in total. The lowest BCUT2D eigenvalue weighted by Gasteiger charge is -2.24. The SMILES string of the molecule is CCN1CCCC1CNC(N)=NCC(C)(O)c1ccc(F)cc1F.I. The quantitative estimate of drug-likeness (QED) is 0.340. The molecule has 0 bridgehead atoms. The van der Waals surface area contributed by atoms with Gasteiger partial charge >= 0.3 is 0 Å². The monoisotopic (exact) mass is 468 g/mol. The van der Waals surface area contributed by atoms with Gasteiger partial charge in [0.05, 0.1) is 6.54 Å². The number of nitrogens with one attached hydrogen (secondary N) is 1. The Kier molecular flexibility index (Phi) is 8.49. The summed E-state index contributed by atoms with van der Waals surface area (Å²) in [6, 6.07) is 3.51. The molecule has 0 radical (unpaired) electrons. The predicted octanol–water partition coefficient (Wildman–Crippen LogP) is 2.18. The lowest BCUT2D eigenvalue weighted by atomic mass is 9.95. The van der Waals surface area contributed by atoms with Crippen LogP contribution in [0.1, 0.15) is 32.3 Å². The third-order valence-corrected chi connectivity index (χ3v) is 4.49. The van der Waals surface area contributed by atoms with Gasteiger partial charge in [0.2, 0.25) is 0 Å². The van der Waals surface area contributed by atoms with Crippen LogP contribution in [0.15, 0.2) is 23.2 Å². The molecule has 5 nitrogen and oxygen atoms in total. The molecule has 0 spiro atoms. The minimum atomic E-state index is -1.56. The number of benzene rings is 1. The molecular weight excluding hydrogens is 441 g/mol. The van der Waals surface area contributed by atoms with Crippen molar-refractivity contribution < 1.29 is 13.9 Å². The van der Waals surface area contributed by atoms with Crippen LogP contribution >= 0.6 is 24.0 Å². The van der Waals surface area contributed by atoms with Crippen LogP contribution < -0.4 is 11.1 Å². The third-order valence-electron chi connectivity index (χ3n) is 4.49. The summed E-state index contributed by atoms with van der Waals surface area (Å²) < 4.78 is 26.8. The first-order valence-corrected chi connectivity index (χ1v) is 8.29. The first-order chi connectivity index (χ1) is 11.3. The van der Waals surface area contributed by atoms with E-state index in [9.17, 15) is 13.9 Å². The average Bonchev–Trinajstić information content (AvgIpc) is 2.98. The van der Waals surface area contributed by atoms with E-state index in [0.29, 0.717) is 12.6 Å². The average molecular weight is 468 g/mol. The first-order valence-electron chi connectivity index (χ1n) is 8.29.